The van der Waals surface area contributed by atoms with Gasteiger partial charge in [0.1, 0.15) is 5.75 Å². The van der Waals surface area contributed by atoms with Crippen LogP contribution in [0.1, 0.15) is 22.3 Å². The average Bonchev–Trinajstić information content (AvgIpc) is 2.90. The SMILES string of the molecule is Cc1ccc(NCCc2ccc3c(c2)CCO3)cc1C. The van der Waals surface area contributed by atoms with E-state index in [9.17, 15) is 0 Å². The van der Waals surface area contributed by atoms with Crippen molar-refractivity contribution < 1.29 is 4.74 Å². The quantitative estimate of drug-likeness (QED) is 0.907. The Morgan fingerprint density at radius 2 is 1.95 bits per heavy atom. The van der Waals surface area contributed by atoms with E-state index in [1.807, 2.05) is 0 Å². The van der Waals surface area contributed by atoms with Crippen LogP contribution in [0, 0.1) is 13.8 Å². The van der Waals surface area contributed by atoms with Gasteiger partial charge in [-0.3, -0.25) is 0 Å². The molecular weight excluding hydrogens is 246 g/mol. The summed E-state index contributed by atoms with van der Waals surface area (Å²) in [6, 6.07) is 13.1. The molecule has 2 nitrogen and oxygen atoms in total. The summed E-state index contributed by atoms with van der Waals surface area (Å²) >= 11 is 0. The Kier molecular flexibility index (Phi) is 3.64. The summed E-state index contributed by atoms with van der Waals surface area (Å²) in [5.41, 5.74) is 6.62. The Labute approximate surface area is 120 Å². The maximum atomic E-state index is 5.54. The van der Waals surface area contributed by atoms with E-state index in [0.29, 0.717) is 0 Å². The number of fused-ring (bicyclic) bond motifs is 1. The number of rotatable bonds is 4. The summed E-state index contributed by atoms with van der Waals surface area (Å²) < 4.78 is 5.54. The van der Waals surface area contributed by atoms with Crippen molar-refractivity contribution in [2.45, 2.75) is 26.7 Å². The fourth-order valence-corrected chi connectivity index (χ4v) is 2.60. The lowest BCUT2D eigenvalue weighted by Crippen LogP contribution is -2.05. The Morgan fingerprint density at radius 3 is 2.80 bits per heavy atom. The number of aryl methyl sites for hydroxylation is 2. The third-order valence-corrected chi connectivity index (χ3v) is 4.00. The van der Waals surface area contributed by atoms with E-state index in [1.54, 1.807) is 0 Å². The van der Waals surface area contributed by atoms with E-state index in [4.69, 9.17) is 4.74 Å². The molecule has 0 saturated heterocycles. The molecule has 0 aliphatic carbocycles. The molecule has 2 aromatic rings. The molecule has 0 spiro atoms. The third kappa shape index (κ3) is 2.79. The summed E-state index contributed by atoms with van der Waals surface area (Å²) in [6.07, 6.45) is 2.09. The van der Waals surface area contributed by atoms with Crippen molar-refractivity contribution in [2.24, 2.45) is 0 Å². The first kappa shape index (κ1) is 13.0. The molecule has 0 bridgehead atoms. The molecule has 0 atom stereocenters. The van der Waals surface area contributed by atoms with Gasteiger partial charge in [-0.15, -0.1) is 0 Å². The van der Waals surface area contributed by atoms with Crippen molar-refractivity contribution in [2.75, 3.05) is 18.5 Å². The van der Waals surface area contributed by atoms with E-state index in [2.05, 4.69) is 55.6 Å². The number of ether oxygens (including phenoxy) is 1. The van der Waals surface area contributed by atoms with Crippen LogP contribution in [0.5, 0.6) is 5.75 Å². The van der Waals surface area contributed by atoms with Crippen molar-refractivity contribution in [3.63, 3.8) is 0 Å². The van der Waals surface area contributed by atoms with Crippen LogP contribution in [-0.2, 0) is 12.8 Å². The smallest absolute Gasteiger partial charge is 0.122 e. The minimum atomic E-state index is 0.833. The lowest BCUT2D eigenvalue weighted by Gasteiger charge is -2.09. The molecule has 1 aliphatic heterocycles. The largest absolute Gasteiger partial charge is 0.493 e. The van der Waals surface area contributed by atoms with Gasteiger partial charge in [-0.25, -0.2) is 0 Å². The highest BCUT2D eigenvalue weighted by Gasteiger charge is 2.11. The fourth-order valence-electron chi connectivity index (χ4n) is 2.60. The molecule has 1 N–H and O–H groups in total. The summed E-state index contributed by atoms with van der Waals surface area (Å²) in [6.45, 7) is 6.09. The van der Waals surface area contributed by atoms with Gasteiger partial charge in [0.2, 0.25) is 0 Å². The Balaban J connectivity index is 1.58. The molecule has 2 heteroatoms. The minimum Gasteiger partial charge on any atom is -0.493 e. The zero-order chi connectivity index (χ0) is 13.9. The molecule has 0 fully saturated rings. The normalized spacial score (nSPS) is 12.9. The molecule has 2 aromatic carbocycles. The molecule has 0 aromatic heterocycles. The molecule has 104 valence electrons. The molecule has 20 heavy (non-hydrogen) atoms. The van der Waals surface area contributed by atoms with Crippen LogP contribution in [0.2, 0.25) is 0 Å². The summed E-state index contributed by atoms with van der Waals surface area (Å²) in [7, 11) is 0. The van der Waals surface area contributed by atoms with Gasteiger partial charge in [-0.1, -0.05) is 18.2 Å². The second-order valence-corrected chi connectivity index (χ2v) is 5.52. The molecule has 0 unspecified atom stereocenters. The second kappa shape index (κ2) is 5.58. The summed E-state index contributed by atoms with van der Waals surface area (Å²) in [5, 5.41) is 3.50. The van der Waals surface area contributed by atoms with E-state index in [0.717, 1.165) is 31.7 Å². The molecule has 0 saturated carbocycles. The van der Waals surface area contributed by atoms with Crippen molar-refractivity contribution in [1.82, 2.24) is 0 Å². The monoisotopic (exact) mass is 267 g/mol. The first-order valence-corrected chi connectivity index (χ1v) is 7.28. The average molecular weight is 267 g/mol. The number of nitrogens with one attached hydrogen (secondary N) is 1. The maximum absolute atomic E-state index is 5.54. The van der Waals surface area contributed by atoms with Crippen LogP contribution >= 0.6 is 0 Å². The van der Waals surface area contributed by atoms with Gasteiger partial charge < -0.3 is 10.1 Å². The second-order valence-electron chi connectivity index (χ2n) is 5.52. The lowest BCUT2D eigenvalue weighted by molar-refractivity contribution is 0.357. The van der Waals surface area contributed by atoms with Gasteiger partial charge in [-0.05, 0) is 60.7 Å². The van der Waals surface area contributed by atoms with Gasteiger partial charge in [0.15, 0.2) is 0 Å². The van der Waals surface area contributed by atoms with Crippen molar-refractivity contribution >= 4 is 5.69 Å². The first-order chi connectivity index (χ1) is 9.72. The van der Waals surface area contributed by atoms with Gasteiger partial charge in [0.25, 0.3) is 0 Å². The zero-order valence-corrected chi connectivity index (χ0v) is 12.2. The van der Waals surface area contributed by atoms with Gasteiger partial charge in [0.05, 0.1) is 6.61 Å². The van der Waals surface area contributed by atoms with E-state index >= 15 is 0 Å². The lowest BCUT2D eigenvalue weighted by atomic mass is 10.1. The maximum Gasteiger partial charge on any atom is 0.122 e. The molecule has 0 amide bonds. The van der Waals surface area contributed by atoms with Crippen LogP contribution in [0.3, 0.4) is 0 Å². The zero-order valence-electron chi connectivity index (χ0n) is 12.2. The molecule has 0 radical (unpaired) electrons. The Bertz CT molecular complexity index is 619. The van der Waals surface area contributed by atoms with Crippen LogP contribution < -0.4 is 10.1 Å². The van der Waals surface area contributed by atoms with E-state index in [-0.39, 0.29) is 0 Å². The molecular formula is C18H21NO. The number of hydrogen-bond acceptors (Lipinski definition) is 2. The van der Waals surface area contributed by atoms with Crippen molar-refractivity contribution in [1.29, 1.82) is 0 Å². The summed E-state index contributed by atoms with van der Waals surface area (Å²) in [4.78, 5) is 0. The molecule has 1 aliphatic rings. The van der Waals surface area contributed by atoms with Gasteiger partial charge in [0, 0.05) is 18.7 Å². The molecule has 1 heterocycles. The summed E-state index contributed by atoms with van der Waals surface area (Å²) in [5.74, 6) is 1.07. The number of anilines is 1. The fraction of sp³-hybridized carbons (Fsp3) is 0.333. The number of benzene rings is 2. The highest BCUT2D eigenvalue weighted by atomic mass is 16.5. The van der Waals surface area contributed by atoms with Crippen molar-refractivity contribution in [3.8, 4) is 5.75 Å². The highest BCUT2D eigenvalue weighted by molar-refractivity contribution is 5.48. The van der Waals surface area contributed by atoms with E-state index < -0.39 is 0 Å². The minimum absolute atomic E-state index is 0.833. The third-order valence-electron chi connectivity index (χ3n) is 4.00. The van der Waals surface area contributed by atoms with Crippen LogP contribution in [-0.4, -0.2) is 13.2 Å². The van der Waals surface area contributed by atoms with Crippen LogP contribution in [0.4, 0.5) is 5.69 Å². The molecule has 3 rings (SSSR count). The Hall–Kier alpha value is -1.96. The van der Waals surface area contributed by atoms with Gasteiger partial charge in [-0.2, -0.15) is 0 Å². The van der Waals surface area contributed by atoms with Crippen LogP contribution in [0.15, 0.2) is 36.4 Å². The van der Waals surface area contributed by atoms with Gasteiger partial charge >= 0.3 is 0 Å². The van der Waals surface area contributed by atoms with Crippen LogP contribution in [0.25, 0.3) is 0 Å². The highest BCUT2D eigenvalue weighted by Crippen LogP contribution is 2.26. The van der Waals surface area contributed by atoms with E-state index in [1.165, 1.54) is 27.9 Å². The predicted octanol–water partition coefficient (Wildman–Crippen LogP) is 3.89. The number of hydrogen-bond donors (Lipinski definition) is 1. The Morgan fingerprint density at radius 1 is 1.05 bits per heavy atom. The first-order valence-electron chi connectivity index (χ1n) is 7.28. The predicted molar refractivity (Wildman–Crippen MR) is 83.8 cm³/mol. The topological polar surface area (TPSA) is 21.3 Å². The van der Waals surface area contributed by atoms with Crippen molar-refractivity contribution in [3.05, 3.63) is 58.7 Å². The standard InChI is InChI=1S/C18H21NO/c1-13-3-5-17(11-14(13)2)19-9-7-15-4-6-18-16(12-15)8-10-20-18/h3-6,11-12,19H,7-10H2,1-2H3.